The summed E-state index contributed by atoms with van der Waals surface area (Å²) in [6.07, 6.45) is 5.47. The van der Waals surface area contributed by atoms with Gasteiger partial charge in [0, 0.05) is 51.4 Å². The minimum absolute atomic E-state index is 0.0495. The number of hydrogen-bond acceptors (Lipinski definition) is 4. The highest BCUT2D eigenvalue weighted by Crippen LogP contribution is 2.31. The topological polar surface area (TPSA) is 88.0 Å². The Hall–Kier alpha value is -2.87. The van der Waals surface area contributed by atoms with Crippen LogP contribution in [0, 0.1) is 5.92 Å². The zero-order valence-electron chi connectivity index (χ0n) is 16.5. The number of para-hydroxylation sites is 2. The number of likely N-dealkylation sites (tertiary alicyclic amines) is 1. The van der Waals surface area contributed by atoms with E-state index in [2.05, 4.69) is 15.4 Å². The average Bonchev–Trinajstić information content (AvgIpc) is 3.45. The summed E-state index contributed by atoms with van der Waals surface area (Å²) in [7, 11) is 1.90. The summed E-state index contributed by atoms with van der Waals surface area (Å²) in [5, 5.41) is 7.64. The summed E-state index contributed by atoms with van der Waals surface area (Å²) >= 11 is 0. The van der Waals surface area contributed by atoms with E-state index < -0.39 is 0 Å². The summed E-state index contributed by atoms with van der Waals surface area (Å²) in [5.74, 6) is 0.338. The van der Waals surface area contributed by atoms with Crippen LogP contribution in [-0.4, -0.2) is 56.3 Å². The molecule has 0 saturated carbocycles. The van der Waals surface area contributed by atoms with Crippen molar-refractivity contribution in [3.8, 4) is 0 Å². The Labute approximate surface area is 168 Å². The molecular weight excluding hydrogens is 368 g/mol. The first kappa shape index (κ1) is 18.2. The number of carbonyl (C=O) groups is 1. The molecule has 8 heteroatoms. The Morgan fingerprint density at radius 2 is 1.97 bits per heavy atom. The minimum atomic E-state index is -0.0624. The van der Waals surface area contributed by atoms with E-state index >= 15 is 0 Å². The fourth-order valence-corrected chi connectivity index (χ4v) is 4.94. The van der Waals surface area contributed by atoms with Crippen LogP contribution in [0.3, 0.4) is 0 Å². The molecular formula is C21H26N6O2. The maximum Gasteiger partial charge on any atom is 0.326 e. The predicted octanol–water partition coefficient (Wildman–Crippen LogP) is 1.23. The van der Waals surface area contributed by atoms with E-state index in [-0.39, 0.29) is 29.5 Å². The number of nitrogens with one attached hydrogen (secondary N) is 2. The lowest BCUT2D eigenvalue weighted by molar-refractivity contribution is -0.136. The van der Waals surface area contributed by atoms with Crippen LogP contribution in [0.15, 0.2) is 41.5 Å². The highest BCUT2D eigenvalue weighted by Gasteiger charge is 2.38. The molecule has 0 bridgehead atoms. The van der Waals surface area contributed by atoms with Crippen molar-refractivity contribution >= 4 is 16.9 Å². The molecule has 5 rings (SSSR count). The monoisotopic (exact) mass is 394 g/mol. The summed E-state index contributed by atoms with van der Waals surface area (Å²) < 4.78 is 3.66. The highest BCUT2D eigenvalue weighted by molar-refractivity contribution is 5.81. The molecule has 2 fully saturated rings. The number of aryl methyl sites for hydroxylation is 1. The number of hydrogen-bond donors (Lipinski definition) is 2. The first-order chi connectivity index (χ1) is 14.1. The van der Waals surface area contributed by atoms with Gasteiger partial charge in [0.2, 0.25) is 5.91 Å². The third kappa shape index (κ3) is 3.17. The minimum Gasteiger partial charge on any atom is -0.342 e. The van der Waals surface area contributed by atoms with E-state index in [9.17, 15) is 9.59 Å². The van der Waals surface area contributed by atoms with Gasteiger partial charge < -0.3 is 15.2 Å². The number of rotatable bonds is 3. The molecule has 2 aromatic heterocycles. The van der Waals surface area contributed by atoms with E-state index in [1.807, 2.05) is 53.2 Å². The Balaban J connectivity index is 1.29. The van der Waals surface area contributed by atoms with Crippen LogP contribution in [0.2, 0.25) is 0 Å². The second-order valence-electron chi connectivity index (χ2n) is 8.19. The van der Waals surface area contributed by atoms with Crippen LogP contribution in [0.1, 0.15) is 30.4 Å². The maximum absolute atomic E-state index is 13.2. The van der Waals surface area contributed by atoms with E-state index in [4.69, 9.17) is 0 Å². The van der Waals surface area contributed by atoms with Crippen LogP contribution >= 0.6 is 0 Å². The third-order valence-corrected chi connectivity index (χ3v) is 6.45. The van der Waals surface area contributed by atoms with Gasteiger partial charge in [0.25, 0.3) is 0 Å². The van der Waals surface area contributed by atoms with Crippen molar-refractivity contribution in [1.29, 1.82) is 0 Å². The number of nitrogens with zero attached hydrogens (tertiary/aromatic N) is 4. The van der Waals surface area contributed by atoms with E-state index in [0.717, 1.165) is 36.0 Å². The van der Waals surface area contributed by atoms with Crippen molar-refractivity contribution in [2.75, 3.05) is 26.2 Å². The first-order valence-corrected chi connectivity index (χ1v) is 10.3. The van der Waals surface area contributed by atoms with E-state index in [0.29, 0.717) is 19.6 Å². The Bertz CT molecular complexity index is 1090. The number of aromatic amines is 1. The SMILES string of the molecule is Cn1cc([C@H]2CNC[C@@H]2C(=O)N2CCC(n3c(=O)[nH]c4ccccc43)CC2)cn1. The van der Waals surface area contributed by atoms with Crippen molar-refractivity contribution in [3.05, 3.63) is 52.7 Å². The smallest absolute Gasteiger partial charge is 0.326 e. The largest absolute Gasteiger partial charge is 0.342 e. The maximum atomic E-state index is 13.2. The lowest BCUT2D eigenvalue weighted by Crippen LogP contribution is -2.44. The number of aromatic nitrogens is 4. The summed E-state index contributed by atoms with van der Waals surface area (Å²) in [5.41, 5.74) is 2.87. The zero-order chi connectivity index (χ0) is 20.0. The number of amides is 1. The average molecular weight is 394 g/mol. The lowest BCUT2D eigenvalue weighted by atomic mass is 9.89. The molecule has 1 amide bonds. The van der Waals surface area contributed by atoms with Crippen molar-refractivity contribution in [2.45, 2.75) is 24.8 Å². The summed E-state index contributed by atoms with van der Waals surface area (Å²) in [6.45, 7) is 2.89. The van der Waals surface area contributed by atoms with Gasteiger partial charge in [0.15, 0.2) is 0 Å². The van der Waals surface area contributed by atoms with Gasteiger partial charge in [-0.2, -0.15) is 5.10 Å². The van der Waals surface area contributed by atoms with Crippen LogP contribution in [-0.2, 0) is 11.8 Å². The second-order valence-corrected chi connectivity index (χ2v) is 8.19. The van der Waals surface area contributed by atoms with Crippen molar-refractivity contribution < 1.29 is 4.79 Å². The molecule has 152 valence electrons. The van der Waals surface area contributed by atoms with E-state index in [1.165, 1.54) is 0 Å². The molecule has 2 aliphatic heterocycles. The molecule has 1 aromatic carbocycles. The molecule has 2 aliphatic rings. The summed E-state index contributed by atoms with van der Waals surface area (Å²) in [6, 6.07) is 7.91. The molecule has 0 aliphatic carbocycles. The Morgan fingerprint density at radius 3 is 2.72 bits per heavy atom. The number of benzene rings is 1. The van der Waals surface area contributed by atoms with Crippen LogP contribution in [0.5, 0.6) is 0 Å². The molecule has 0 radical (unpaired) electrons. The van der Waals surface area contributed by atoms with Crippen molar-refractivity contribution in [2.24, 2.45) is 13.0 Å². The normalized spacial score (nSPS) is 23.1. The van der Waals surface area contributed by atoms with Gasteiger partial charge in [-0.05, 0) is 30.5 Å². The third-order valence-electron chi connectivity index (χ3n) is 6.45. The van der Waals surface area contributed by atoms with Crippen LogP contribution in [0.25, 0.3) is 11.0 Å². The highest BCUT2D eigenvalue weighted by atomic mass is 16.2. The molecule has 0 unspecified atom stereocenters. The summed E-state index contributed by atoms with van der Waals surface area (Å²) in [4.78, 5) is 30.6. The van der Waals surface area contributed by atoms with Crippen molar-refractivity contribution in [3.63, 3.8) is 0 Å². The number of imidazole rings is 1. The van der Waals surface area contributed by atoms with Gasteiger partial charge in [-0.3, -0.25) is 14.0 Å². The first-order valence-electron chi connectivity index (χ1n) is 10.3. The molecule has 2 saturated heterocycles. The number of H-pyrrole nitrogens is 1. The van der Waals surface area contributed by atoms with Gasteiger partial charge in [-0.25, -0.2) is 4.79 Å². The zero-order valence-corrected chi connectivity index (χ0v) is 16.5. The number of piperidine rings is 1. The Kier molecular flexibility index (Phi) is 4.50. The number of fused-ring (bicyclic) bond motifs is 1. The molecule has 2 atom stereocenters. The van der Waals surface area contributed by atoms with Crippen LogP contribution < -0.4 is 11.0 Å². The quantitative estimate of drug-likeness (QED) is 0.699. The fraction of sp³-hybridized carbons (Fsp3) is 0.476. The van der Waals surface area contributed by atoms with Gasteiger partial charge in [0.05, 0.1) is 23.1 Å². The standard InChI is InChI=1S/C21H26N6O2/c1-25-13-14(10-23-25)16-11-22-12-17(16)20(28)26-8-6-15(7-9-26)27-19-5-3-2-4-18(19)24-21(27)29/h2-5,10,13,15-17,22H,6-9,11-12H2,1H3,(H,24,29)/t16-,17+/m1/s1. The van der Waals surface area contributed by atoms with Crippen LogP contribution in [0.4, 0.5) is 0 Å². The van der Waals surface area contributed by atoms with E-state index in [1.54, 1.807) is 4.68 Å². The van der Waals surface area contributed by atoms with Gasteiger partial charge in [-0.15, -0.1) is 0 Å². The molecule has 29 heavy (non-hydrogen) atoms. The molecule has 0 spiro atoms. The molecule has 2 N–H and O–H groups in total. The fourth-order valence-electron chi connectivity index (χ4n) is 4.94. The molecule has 8 nitrogen and oxygen atoms in total. The molecule has 4 heterocycles. The van der Waals surface area contributed by atoms with Gasteiger partial charge >= 0.3 is 5.69 Å². The predicted molar refractivity (Wildman–Crippen MR) is 110 cm³/mol. The lowest BCUT2D eigenvalue weighted by Gasteiger charge is -2.34. The van der Waals surface area contributed by atoms with Crippen molar-refractivity contribution in [1.82, 2.24) is 29.5 Å². The molecule has 3 aromatic rings. The number of carbonyl (C=O) groups excluding carboxylic acids is 1. The van der Waals surface area contributed by atoms with Gasteiger partial charge in [-0.1, -0.05) is 12.1 Å². The van der Waals surface area contributed by atoms with Gasteiger partial charge in [0.1, 0.15) is 0 Å². The Morgan fingerprint density at radius 1 is 1.17 bits per heavy atom. The second kappa shape index (κ2) is 7.18.